The Kier molecular flexibility index (Phi) is 4.47. The lowest BCUT2D eigenvalue weighted by Crippen LogP contribution is -2.30. The molecule has 104 valence electrons. The summed E-state index contributed by atoms with van der Waals surface area (Å²) >= 11 is 0. The zero-order valence-electron chi connectivity index (χ0n) is 11.0. The average Bonchev–Trinajstić information content (AvgIpc) is 2.60. The summed E-state index contributed by atoms with van der Waals surface area (Å²) in [6.07, 6.45) is 7.04. The summed E-state index contributed by atoms with van der Waals surface area (Å²) < 4.78 is 0. The molecule has 20 heavy (non-hydrogen) atoms. The van der Waals surface area contributed by atoms with Gasteiger partial charge in [0.1, 0.15) is 6.33 Å². The van der Waals surface area contributed by atoms with Crippen LogP contribution in [0.25, 0.3) is 11.1 Å². The van der Waals surface area contributed by atoms with Gasteiger partial charge in [-0.3, -0.25) is 4.79 Å². The predicted molar refractivity (Wildman–Crippen MR) is 79.7 cm³/mol. The molecule has 2 N–H and O–H groups in total. The van der Waals surface area contributed by atoms with E-state index in [9.17, 15) is 4.79 Å². The number of benzene rings is 1. The van der Waals surface area contributed by atoms with Crippen molar-refractivity contribution in [2.24, 2.45) is 5.73 Å². The highest BCUT2D eigenvalue weighted by Gasteiger charge is 2.22. The summed E-state index contributed by atoms with van der Waals surface area (Å²) in [5.74, 6) is 0.114. The Morgan fingerprint density at radius 3 is 2.70 bits per heavy atom. The Balaban J connectivity index is 0.00000147. The molecule has 1 aromatic carbocycles. The molecule has 1 atom stereocenters. The molecule has 0 bridgehead atoms. The van der Waals surface area contributed by atoms with Crippen molar-refractivity contribution in [2.45, 2.75) is 25.3 Å². The molecule has 0 fully saturated rings. The molecule has 2 aromatic rings. The molecule has 1 aliphatic carbocycles. The third kappa shape index (κ3) is 2.71. The van der Waals surface area contributed by atoms with Gasteiger partial charge in [-0.15, -0.1) is 12.4 Å². The van der Waals surface area contributed by atoms with Crippen molar-refractivity contribution in [2.75, 3.05) is 0 Å². The highest BCUT2D eigenvalue weighted by Crippen LogP contribution is 2.29. The zero-order chi connectivity index (χ0) is 13.2. The monoisotopic (exact) mass is 289 g/mol. The highest BCUT2D eigenvalue weighted by molar-refractivity contribution is 5.89. The quantitative estimate of drug-likeness (QED) is 0.815. The molecule has 4 nitrogen and oxygen atoms in total. The van der Waals surface area contributed by atoms with Crippen LogP contribution < -0.4 is 5.73 Å². The van der Waals surface area contributed by atoms with Crippen molar-refractivity contribution in [1.29, 1.82) is 0 Å². The summed E-state index contributed by atoms with van der Waals surface area (Å²) in [5, 5.41) is 0. The van der Waals surface area contributed by atoms with Crippen molar-refractivity contribution in [3.8, 4) is 11.1 Å². The van der Waals surface area contributed by atoms with Crippen LogP contribution >= 0.6 is 12.4 Å². The van der Waals surface area contributed by atoms with Gasteiger partial charge >= 0.3 is 0 Å². The smallest absolute Gasteiger partial charge is 0.153 e. The minimum Gasteiger partial charge on any atom is -0.321 e. The number of carbonyl (C=O) groups excluding carboxylic acids is 1. The fraction of sp³-hybridized carbons (Fsp3) is 0.267. The van der Waals surface area contributed by atoms with Crippen molar-refractivity contribution in [1.82, 2.24) is 9.97 Å². The lowest BCUT2D eigenvalue weighted by atomic mass is 9.94. The number of hydrogen-bond acceptors (Lipinski definition) is 4. The number of carbonyl (C=O) groups is 1. The van der Waals surface area contributed by atoms with E-state index >= 15 is 0 Å². The van der Waals surface area contributed by atoms with Crippen LogP contribution in [0.5, 0.6) is 0 Å². The molecule has 0 radical (unpaired) electrons. The van der Waals surface area contributed by atoms with Crippen LogP contribution in [0.2, 0.25) is 0 Å². The molecule has 0 saturated carbocycles. The van der Waals surface area contributed by atoms with E-state index in [0.29, 0.717) is 6.42 Å². The number of nitrogens with zero attached hydrogens (tertiary/aromatic N) is 2. The number of Topliss-reactive ketones (excluding diaryl/α,β-unsaturated/α-hetero) is 1. The second kappa shape index (κ2) is 6.11. The van der Waals surface area contributed by atoms with Crippen LogP contribution in [0.1, 0.15) is 17.5 Å². The van der Waals surface area contributed by atoms with Crippen LogP contribution in [-0.2, 0) is 17.6 Å². The van der Waals surface area contributed by atoms with Gasteiger partial charge in [-0.25, -0.2) is 9.97 Å². The minimum atomic E-state index is -0.340. The maximum atomic E-state index is 12.0. The van der Waals surface area contributed by atoms with Gasteiger partial charge in [-0.1, -0.05) is 18.2 Å². The number of rotatable bonds is 1. The molecule has 1 aliphatic rings. The molecule has 1 heterocycles. The molecule has 0 aliphatic heterocycles. The molecule has 0 spiro atoms. The fourth-order valence-electron chi connectivity index (χ4n) is 2.56. The number of aryl methyl sites for hydroxylation is 1. The fourth-order valence-corrected chi connectivity index (χ4v) is 2.56. The third-order valence-corrected chi connectivity index (χ3v) is 3.63. The maximum absolute atomic E-state index is 12.0. The lowest BCUT2D eigenvalue weighted by molar-refractivity contribution is -0.119. The second-order valence-corrected chi connectivity index (χ2v) is 4.86. The maximum Gasteiger partial charge on any atom is 0.153 e. The number of hydrogen-bond donors (Lipinski definition) is 1. The van der Waals surface area contributed by atoms with E-state index in [2.05, 4.69) is 16.0 Å². The Hall–Kier alpha value is -1.78. The normalized spacial score (nSPS) is 17.9. The van der Waals surface area contributed by atoms with Crippen molar-refractivity contribution in [3.05, 3.63) is 48.0 Å². The van der Waals surface area contributed by atoms with Crippen LogP contribution in [0.3, 0.4) is 0 Å². The van der Waals surface area contributed by atoms with Gasteiger partial charge in [-0.05, 0) is 29.5 Å². The van der Waals surface area contributed by atoms with E-state index in [1.54, 1.807) is 12.4 Å². The minimum absolute atomic E-state index is 0. The molecule has 5 heteroatoms. The van der Waals surface area contributed by atoms with E-state index in [1.807, 2.05) is 12.1 Å². The predicted octanol–water partition coefficient (Wildman–Crippen LogP) is 1.95. The van der Waals surface area contributed by atoms with Crippen LogP contribution in [0.15, 0.2) is 36.9 Å². The molecule has 1 unspecified atom stereocenters. The first-order valence-corrected chi connectivity index (χ1v) is 6.40. The van der Waals surface area contributed by atoms with Gasteiger partial charge in [0, 0.05) is 24.4 Å². The number of nitrogens with two attached hydrogens (primary N) is 1. The Morgan fingerprint density at radius 1 is 1.20 bits per heavy atom. The molecule has 0 saturated heterocycles. The van der Waals surface area contributed by atoms with Gasteiger partial charge in [0.05, 0.1) is 6.04 Å². The van der Waals surface area contributed by atoms with E-state index in [0.717, 1.165) is 29.5 Å². The van der Waals surface area contributed by atoms with Gasteiger partial charge in [0.2, 0.25) is 0 Å². The van der Waals surface area contributed by atoms with Gasteiger partial charge < -0.3 is 5.73 Å². The number of fused-ring (bicyclic) bond motifs is 1. The summed E-state index contributed by atoms with van der Waals surface area (Å²) in [4.78, 5) is 20.1. The first-order valence-electron chi connectivity index (χ1n) is 6.40. The molecule has 1 aromatic heterocycles. The van der Waals surface area contributed by atoms with Crippen LogP contribution in [0, 0.1) is 0 Å². The number of halogens is 1. The number of ketones is 1. The molecular formula is C15H16ClN3O. The zero-order valence-corrected chi connectivity index (χ0v) is 11.8. The SMILES string of the molecule is Cl.NC1CCc2cccc(-c3cncnc3)c2CC1=O. The molecule has 3 rings (SSSR count). The molecular weight excluding hydrogens is 274 g/mol. The lowest BCUT2D eigenvalue weighted by Gasteiger charge is -2.11. The van der Waals surface area contributed by atoms with Crippen molar-refractivity contribution >= 4 is 18.2 Å². The van der Waals surface area contributed by atoms with Crippen LogP contribution in [-0.4, -0.2) is 21.8 Å². The first kappa shape index (κ1) is 14.6. The summed E-state index contributed by atoms with van der Waals surface area (Å²) in [6, 6.07) is 5.77. The Morgan fingerprint density at radius 2 is 1.95 bits per heavy atom. The first-order chi connectivity index (χ1) is 9.25. The Labute approximate surface area is 123 Å². The van der Waals surface area contributed by atoms with Gasteiger partial charge in [-0.2, -0.15) is 0 Å². The van der Waals surface area contributed by atoms with Crippen molar-refractivity contribution < 1.29 is 4.79 Å². The second-order valence-electron chi connectivity index (χ2n) is 4.86. The van der Waals surface area contributed by atoms with Crippen LogP contribution in [0.4, 0.5) is 0 Å². The van der Waals surface area contributed by atoms with Gasteiger partial charge in [0.15, 0.2) is 5.78 Å². The van der Waals surface area contributed by atoms with E-state index in [1.165, 1.54) is 11.9 Å². The number of aromatic nitrogens is 2. The third-order valence-electron chi connectivity index (χ3n) is 3.63. The van der Waals surface area contributed by atoms with E-state index < -0.39 is 0 Å². The van der Waals surface area contributed by atoms with Gasteiger partial charge in [0.25, 0.3) is 0 Å². The summed E-state index contributed by atoms with van der Waals surface area (Å²) in [5.41, 5.74) is 10.2. The largest absolute Gasteiger partial charge is 0.321 e. The van der Waals surface area contributed by atoms with E-state index in [-0.39, 0.29) is 24.2 Å². The standard InChI is InChI=1S/C15H15N3O.ClH/c16-14-5-4-10-2-1-3-12(13(10)6-15(14)19)11-7-17-9-18-8-11;/h1-3,7-9,14H,4-6,16H2;1H. The highest BCUT2D eigenvalue weighted by atomic mass is 35.5. The van der Waals surface area contributed by atoms with E-state index in [4.69, 9.17) is 5.73 Å². The summed E-state index contributed by atoms with van der Waals surface area (Å²) in [7, 11) is 0. The Bertz CT molecular complexity index is 616. The average molecular weight is 290 g/mol. The molecule has 0 amide bonds. The van der Waals surface area contributed by atoms with Crippen molar-refractivity contribution in [3.63, 3.8) is 0 Å². The summed E-state index contributed by atoms with van der Waals surface area (Å²) in [6.45, 7) is 0. The topological polar surface area (TPSA) is 68.9 Å².